The first kappa shape index (κ1) is 15.4. The molecule has 0 saturated carbocycles. The van der Waals surface area contributed by atoms with Gasteiger partial charge in [0.15, 0.2) is 28.6 Å². The number of nitrogens with zero attached hydrogens (tertiary/aromatic N) is 4. The summed E-state index contributed by atoms with van der Waals surface area (Å²) < 4.78 is 5.32. The molecular formula is C15H15N7O2. The lowest BCUT2D eigenvalue weighted by molar-refractivity contribution is -0.118. The molecule has 0 atom stereocenters. The maximum absolute atomic E-state index is 10.9. The Morgan fingerprint density at radius 3 is 2.38 bits per heavy atom. The number of benzene rings is 1. The molecule has 6 N–H and O–H groups in total. The number of hydrogen-bond donors (Lipinski definition) is 3. The van der Waals surface area contributed by atoms with E-state index in [1.54, 1.807) is 24.3 Å². The van der Waals surface area contributed by atoms with E-state index in [-0.39, 0.29) is 35.6 Å². The van der Waals surface area contributed by atoms with Crippen LogP contribution in [0.25, 0.3) is 22.4 Å². The van der Waals surface area contributed by atoms with Gasteiger partial charge in [0.25, 0.3) is 0 Å². The van der Waals surface area contributed by atoms with E-state index in [4.69, 9.17) is 21.9 Å². The molecule has 0 amide bonds. The maximum atomic E-state index is 10.9. The number of hydrogen-bond acceptors (Lipinski definition) is 9. The number of nitrogen functional groups attached to an aromatic ring is 3. The highest BCUT2D eigenvalue weighted by atomic mass is 16.5. The number of ketones is 1. The van der Waals surface area contributed by atoms with E-state index in [1.165, 1.54) is 6.92 Å². The molecule has 24 heavy (non-hydrogen) atoms. The van der Waals surface area contributed by atoms with Crippen LogP contribution in [0.4, 0.5) is 17.6 Å². The molecule has 2 heterocycles. The van der Waals surface area contributed by atoms with E-state index in [2.05, 4.69) is 19.9 Å². The number of carbonyl (C=O) groups is 1. The van der Waals surface area contributed by atoms with Crippen molar-refractivity contribution in [2.75, 3.05) is 23.8 Å². The molecule has 122 valence electrons. The molecule has 0 unspecified atom stereocenters. The van der Waals surface area contributed by atoms with Crippen molar-refractivity contribution in [2.24, 2.45) is 0 Å². The topological polar surface area (TPSA) is 156 Å². The van der Waals surface area contributed by atoms with Gasteiger partial charge in [0.05, 0.1) is 0 Å². The second-order valence-corrected chi connectivity index (χ2v) is 5.11. The van der Waals surface area contributed by atoms with E-state index in [0.717, 1.165) is 0 Å². The van der Waals surface area contributed by atoms with Gasteiger partial charge >= 0.3 is 0 Å². The Bertz CT molecular complexity index is 925. The summed E-state index contributed by atoms with van der Waals surface area (Å²) in [5.74, 6) is 0.842. The summed E-state index contributed by atoms with van der Waals surface area (Å²) in [5.41, 5.74) is 19.0. The maximum Gasteiger partial charge on any atom is 0.224 e. The number of carbonyl (C=O) groups excluding carboxylic acids is 1. The molecule has 9 nitrogen and oxygen atoms in total. The average molecular weight is 325 g/mol. The summed E-state index contributed by atoms with van der Waals surface area (Å²) >= 11 is 0. The Kier molecular flexibility index (Phi) is 3.82. The molecule has 0 spiro atoms. The number of aromatic nitrogens is 4. The highest BCUT2D eigenvalue weighted by Gasteiger charge is 2.13. The normalized spacial score (nSPS) is 10.7. The molecule has 1 aromatic carbocycles. The van der Waals surface area contributed by atoms with Crippen molar-refractivity contribution in [1.29, 1.82) is 0 Å². The van der Waals surface area contributed by atoms with Crippen LogP contribution in [-0.2, 0) is 4.79 Å². The molecule has 0 saturated heterocycles. The second kappa shape index (κ2) is 5.95. The predicted octanol–water partition coefficient (Wildman–Crippen LogP) is 0.801. The van der Waals surface area contributed by atoms with Gasteiger partial charge in [0.2, 0.25) is 5.95 Å². The third-order valence-electron chi connectivity index (χ3n) is 3.17. The van der Waals surface area contributed by atoms with Crippen LogP contribution in [0, 0.1) is 0 Å². The van der Waals surface area contributed by atoms with Gasteiger partial charge in [-0.1, -0.05) is 0 Å². The monoisotopic (exact) mass is 325 g/mol. The standard InChI is InChI=1S/C15H15N7O2/c1-7(23)6-24-9-4-2-8(3-5-9)10-12(16)20-14-11(19-10)13(17)21-15(18)22-14/h2-5H,6H2,1H3,(H6,16,17,18,20,21,22). The number of Topliss-reactive ketones (excluding diaryl/α,β-unsaturated/α-hetero) is 1. The summed E-state index contributed by atoms with van der Waals surface area (Å²) in [6, 6.07) is 6.95. The molecule has 0 bridgehead atoms. The van der Waals surface area contributed by atoms with E-state index in [0.29, 0.717) is 22.5 Å². The van der Waals surface area contributed by atoms with Gasteiger partial charge in [-0.05, 0) is 31.2 Å². The van der Waals surface area contributed by atoms with Gasteiger partial charge in [0.1, 0.15) is 18.1 Å². The van der Waals surface area contributed by atoms with Crippen molar-refractivity contribution < 1.29 is 9.53 Å². The van der Waals surface area contributed by atoms with Crippen LogP contribution in [0.2, 0.25) is 0 Å². The molecule has 0 aliphatic carbocycles. The summed E-state index contributed by atoms with van der Waals surface area (Å²) in [7, 11) is 0. The summed E-state index contributed by atoms with van der Waals surface area (Å²) in [6.07, 6.45) is 0. The van der Waals surface area contributed by atoms with E-state index in [1.807, 2.05) is 0 Å². The van der Waals surface area contributed by atoms with Crippen LogP contribution in [0.3, 0.4) is 0 Å². The molecule has 2 aromatic heterocycles. The van der Waals surface area contributed by atoms with Crippen LogP contribution < -0.4 is 21.9 Å². The molecular weight excluding hydrogens is 310 g/mol. The van der Waals surface area contributed by atoms with Crippen molar-refractivity contribution in [2.45, 2.75) is 6.92 Å². The average Bonchev–Trinajstić information content (AvgIpc) is 2.52. The van der Waals surface area contributed by atoms with Crippen LogP contribution in [0.1, 0.15) is 6.92 Å². The van der Waals surface area contributed by atoms with Gasteiger partial charge < -0.3 is 21.9 Å². The zero-order valence-corrected chi connectivity index (χ0v) is 12.9. The van der Waals surface area contributed by atoms with Crippen molar-refractivity contribution in [3.05, 3.63) is 24.3 Å². The minimum Gasteiger partial charge on any atom is -0.486 e. The zero-order valence-electron chi connectivity index (χ0n) is 12.9. The number of nitrogens with two attached hydrogens (primary N) is 3. The zero-order chi connectivity index (χ0) is 17.3. The fourth-order valence-electron chi connectivity index (χ4n) is 2.11. The molecule has 0 fully saturated rings. The minimum atomic E-state index is -0.0570. The summed E-state index contributed by atoms with van der Waals surface area (Å²) in [6.45, 7) is 1.48. The Balaban J connectivity index is 1.99. The number of ether oxygens (including phenoxy) is 1. The number of fused-ring (bicyclic) bond motifs is 1. The molecule has 0 aliphatic heterocycles. The van der Waals surface area contributed by atoms with Gasteiger partial charge in [-0.15, -0.1) is 0 Å². The first-order valence-electron chi connectivity index (χ1n) is 7.03. The van der Waals surface area contributed by atoms with Gasteiger partial charge in [-0.25, -0.2) is 9.97 Å². The molecule has 9 heteroatoms. The van der Waals surface area contributed by atoms with E-state index >= 15 is 0 Å². The Hall–Kier alpha value is -3.49. The molecule has 0 radical (unpaired) electrons. The SMILES string of the molecule is CC(=O)COc1ccc(-c2nc3c(N)nc(N)nc3nc2N)cc1. The fourth-order valence-corrected chi connectivity index (χ4v) is 2.11. The van der Waals surface area contributed by atoms with Gasteiger partial charge in [0, 0.05) is 5.56 Å². The first-order chi connectivity index (χ1) is 11.4. The van der Waals surface area contributed by atoms with E-state index in [9.17, 15) is 4.79 Å². The smallest absolute Gasteiger partial charge is 0.224 e. The van der Waals surface area contributed by atoms with Gasteiger partial charge in [-0.3, -0.25) is 4.79 Å². The highest BCUT2D eigenvalue weighted by molar-refractivity contribution is 5.87. The van der Waals surface area contributed by atoms with Crippen LogP contribution in [0.15, 0.2) is 24.3 Å². The summed E-state index contributed by atoms with van der Waals surface area (Å²) in [5, 5.41) is 0. The number of anilines is 3. The molecule has 3 aromatic rings. The third-order valence-corrected chi connectivity index (χ3v) is 3.17. The lowest BCUT2D eigenvalue weighted by Crippen LogP contribution is -2.07. The lowest BCUT2D eigenvalue weighted by Gasteiger charge is -2.09. The van der Waals surface area contributed by atoms with Crippen LogP contribution in [0.5, 0.6) is 5.75 Å². The summed E-state index contributed by atoms with van der Waals surface area (Å²) in [4.78, 5) is 27.4. The van der Waals surface area contributed by atoms with Crippen molar-refractivity contribution in [3.63, 3.8) is 0 Å². The highest BCUT2D eigenvalue weighted by Crippen LogP contribution is 2.27. The van der Waals surface area contributed by atoms with Crippen molar-refractivity contribution in [3.8, 4) is 17.0 Å². The van der Waals surface area contributed by atoms with Crippen LogP contribution in [-0.4, -0.2) is 32.3 Å². The Labute approximate surface area is 136 Å². The predicted molar refractivity (Wildman–Crippen MR) is 90.0 cm³/mol. The molecule has 3 rings (SSSR count). The number of rotatable bonds is 4. The first-order valence-corrected chi connectivity index (χ1v) is 7.03. The van der Waals surface area contributed by atoms with Crippen molar-refractivity contribution >= 4 is 34.5 Å². The quantitative estimate of drug-likeness (QED) is 0.631. The van der Waals surface area contributed by atoms with Gasteiger partial charge in [-0.2, -0.15) is 9.97 Å². The Morgan fingerprint density at radius 2 is 1.71 bits per heavy atom. The third kappa shape index (κ3) is 3.00. The van der Waals surface area contributed by atoms with Crippen LogP contribution >= 0.6 is 0 Å². The minimum absolute atomic E-state index is 0.00780. The van der Waals surface area contributed by atoms with Crippen molar-refractivity contribution in [1.82, 2.24) is 19.9 Å². The Morgan fingerprint density at radius 1 is 1.00 bits per heavy atom. The largest absolute Gasteiger partial charge is 0.486 e. The van der Waals surface area contributed by atoms with E-state index < -0.39 is 0 Å². The lowest BCUT2D eigenvalue weighted by atomic mass is 10.1. The molecule has 0 aliphatic rings. The fraction of sp³-hybridized carbons (Fsp3) is 0.133. The second-order valence-electron chi connectivity index (χ2n) is 5.11.